The lowest BCUT2D eigenvalue weighted by Crippen LogP contribution is -2.45. The Labute approximate surface area is 116 Å². The van der Waals surface area contributed by atoms with Crippen molar-refractivity contribution < 1.29 is 8.42 Å². The van der Waals surface area contributed by atoms with Crippen LogP contribution in [0.4, 0.5) is 0 Å². The average molecular weight is 284 g/mol. The smallest absolute Gasteiger partial charge is 0.208 e. The lowest BCUT2D eigenvalue weighted by molar-refractivity contribution is 0.428. The fraction of sp³-hybridized carbons (Fsp3) is 0.571. The highest BCUT2D eigenvalue weighted by atomic mass is 32.2. The Kier molecular flexibility index (Phi) is 6.48. The van der Waals surface area contributed by atoms with Crippen LogP contribution in [0.15, 0.2) is 30.3 Å². The standard InChI is InChI=1S/C14H24N2O2S/c1-4-12(2)16-14(11-15-19(3,17)18)10-13-8-6-5-7-9-13/h5-9,12,14-16H,4,10-11H2,1-3H3/t12?,14-/m0/s1. The molecule has 0 aliphatic rings. The zero-order valence-corrected chi connectivity index (χ0v) is 12.7. The van der Waals surface area contributed by atoms with E-state index in [4.69, 9.17) is 0 Å². The van der Waals surface area contributed by atoms with Crippen LogP contribution >= 0.6 is 0 Å². The Morgan fingerprint density at radius 3 is 2.37 bits per heavy atom. The van der Waals surface area contributed by atoms with Gasteiger partial charge in [-0.25, -0.2) is 13.1 Å². The van der Waals surface area contributed by atoms with Gasteiger partial charge in [-0.15, -0.1) is 0 Å². The summed E-state index contributed by atoms with van der Waals surface area (Å²) < 4.78 is 25.0. The van der Waals surface area contributed by atoms with Crippen molar-refractivity contribution in [1.29, 1.82) is 0 Å². The summed E-state index contributed by atoms with van der Waals surface area (Å²) in [5.41, 5.74) is 1.21. The van der Waals surface area contributed by atoms with Gasteiger partial charge in [-0.2, -0.15) is 0 Å². The van der Waals surface area contributed by atoms with Gasteiger partial charge >= 0.3 is 0 Å². The molecule has 1 aromatic carbocycles. The second kappa shape index (κ2) is 7.62. The van der Waals surface area contributed by atoms with Crippen molar-refractivity contribution in [2.75, 3.05) is 12.8 Å². The van der Waals surface area contributed by atoms with E-state index in [1.807, 2.05) is 18.2 Å². The molecule has 0 amide bonds. The van der Waals surface area contributed by atoms with Gasteiger partial charge in [-0.1, -0.05) is 37.3 Å². The van der Waals surface area contributed by atoms with E-state index in [-0.39, 0.29) is 6.04 Å². The molecular formula is C14H24N2O2S. The van der Waals surface area contributed by atoms with Crippen LogP contribution in [0.5, 0.6) is 0 Å². The first-order valence-electron chi connectivity index (χ1n) is 6.65. The molecule has 1 aromatic rings. The predicted molar refractivity (Wildman–Crippen MR) is 79.7 cm³/mol. The van der Waals surface area contributed by atoms with Gasteiger partial charge in [0.15, 0.2) is 0 Å². The fourth-order valence-corrected chi connectivity index (χ4v) is 2.36. The lowest BCUT2D eigenvalue weighted by Gasteiger charge is -2.23. The third-order valence-electron chi connectivity index (χ3n) is 3.05. The second-order valence-electron chi connectivity index (χ2n) is 4.98. The Balaban J connectivity index is 2.63. The summed E-state index contributed by atoms with van der Waals surface area (Å²) in [7, 11) is -3.14. The van der Waals surface area contributed by atoms with Crippen LogP contribution in [0, 0.1) is 0 Å². The number of nitrogens with one attached hydrogen (secondary N) is 2. The monoisotopic (exact) mass is 284 g/mol. The average Bonchev–Trinajstić information content (AvgIpc) is 2.36. The molecule has 5 heteroatoms. The van der Waals surface area contributed by atoms with Crippen molar-refractivity contribution in [3.63, 3.8) is 0 Å². The number of hydrogen-bond donors (Lipinski definition) is 2. The van der Waals surface area contributed by atoms with Crippen molar-refractivity contribution in [2.45, 2.75) is 38.8 Å². The summed E-state index contributed by atoms with van der Waals surface area (Å²) >= 11 is 0. The minimum atomic E-state index is -3.14. The summed E-state index contributed by atoms with van der Waals surface area (Å²) in [6.07, 6.45) is 3.02. The van der Waals surface area contributed by atoms with E-state index in [1.54, 1.807) is 0 Å². The molecule has 2 N–H and O–H groups in total. The third-order valence-corrected chi connectivity index (χ3v) is 3.74. The van der Waals surface area contributed by atoms with E-state index in [2.05, 4.69) is 36.0 Å². The van der Waals surface area contributed by atoms with E-state index in [0.29, 0.717) is 12.6 Å². The summed E-state index contributed by atoms with van der Waals surface area (Å²) in [5, 5.41) is 3.46. The molecule has 0 spiro atoms. The second-order valence-corrected chi connectivity index (χ2v) is 6.82. The summed E-state index contributed by atoms with van der Waals surface area (Å²) in [6, 6.07) is 10.6. The minimum Gasteiger partial charge on any atom is -0.310 e. The maximum Gasteiger partial charge on any atom is 0.208 e. The normalized spacial score (nSPS) is 15.1. The Morgan fingerprint density at radius 2 is 1.84 bits per heavy atom. The molecule has 1 rings (SSSR count). The van der Waals surface area contributed by atoms with Crippen LogP contribution < -0.4 is 10.0 Å². The molecule has 0 aromatic heterocycles. The van der Waals surface area contributed by atoms with Crippen LogP contribution in [0.2, 0.25) is 0 Å². The van der Waals surface area contributed by atoms with Gasteiger partial charge < -0.3 is 5.32 Å². The maximum atomic E-state index is 11.2. The largest absolute Gasteiger partial charge is 0.310 e. The van der Waals surface area contributed by atoms with Gasteiger partial charge in [0.25, 0.3) is 0 Å². The number of rotatable bonds is 8. The highest BCUT2D eigenvalue weighted by Gasteiger charge is 2.14. The Bertz CT molecular complexity index is 460. The summed E-state index contributed by atoms with van der Waals surface area (Å²) in [5.74, 6) is 0. The molecular weight excluding hydrogens is 260 g/mol. The van der Waals surface area contributed by atoms with Gasteiger partial charge in [-0.05, 0) is 25.3 Å². The van der Waals surface area contributed by atoms with Crippen LogP contribution in [0.25, 0.3) is 0 Å². The molecule has 19 heavy (non-hydrogen) atoms. The van der Waals surface area contributed by atoms with Gasteiger partial charge in [0.1, 0.15) is 0 Å². The molecule has 2 atom stereocenters. The predicted octanol–water partition coefficient (Wildman–Crippen LogP) is 1.54. The Morgan fingerprint density at radius 1 is 1.21 bits per heavy atom. The molecule has 0 bridgehead atoms. The lowest BCUT2D eigenvalue weighted by atomic mass is 10.0. The van der Waals surface area contributed by atoms with Crippen molar-refractivity contribution in [3.05, 3.63) is 35.9 Å². The summed E-state index contributed by atoms with van der Waals surface area (Å²) in [6.45, 7) is 4.64. The molecule has 0 radical (unpaired) electrons. The molecule has 0 aliphatic carbocycles. The number of hydrogen-bond acceptors (Lipinski definition) is 3. The van der Waals surface area contributed by atoms with E-state index in [0.717, 1.165) is 12.8 Å². The van der Waals surface area contributed by atoms with Crippen molar-refractivity contribution in [1.82, 2.24) is 10.0 Å². The first-order valence-corrected chi connectivity index (χ1v) is 8.54. The zero-order valence-electron chi connectivity index (χ0n) is 11.9. The highest BCUT2D eigenvalue weighted by Crippen LogP contribution is 2.04. The van der Waals surface area contributed by atoms with E-state index < -0.39 is 10.0 Å². The minimum absolute atomic E-state index is 0.104. The molecule has 0 fully saturated rings. The molecule has 0 saturated carbocycles. The number of sulfonamides is 1. The van der Waals surface area contributed by atoms with E-state index in [9.17, 15) is 8.42 Å². The maximum absolute atomic E-state index is 11.2. The molecule has 108 valence electrons. The van der Waals surface area contributed by atoms with Crippen LogP contribution in [-0.2, 0) is 16.4 Å². The molecule has 0 heterocycles. The van der Waals surface area contributed by atoms with Gasteiger partial charge in [0.2, 0.25) is 10.0 Å². The van der Waals surface area contributed by atoms with Gasteiger partial charge in [0, 0.05) is 18.6 Å². The molecule has 0 aliphatic heterocycles. The van der Waals surface area contributed by atoms with Gasteiger partial charge in [-0.3, -0.25) is 0 Å². The van der Waals surface area contributed by atoms with Gasteiger partial charge in [0.05, 0.1) is 6.26 Å². The zero-order chi connectivity index (χ0) is 14.3. The fourth-order valence-electron chi connectivity index (χ4n) is 1.86. The Hall–Kier alpha value is -0.910. The van der Waals surface area contributed by atoms with Crippen molar-refractivity contribution in [2.24, 2.45) is 0 Å². The molecule has 0 saturated heterocycles. The highest BCUT2D eigenvalue weighted by molar-refractivity contribution is 7.88. The molecule has 1 unspecified atom stereocenters. The molecule has 4 nitrogen and oxygen atoms in total. The van der Waals surface area contributed by atoms with Crippen molar-refractivity contribution >= 4 is 10.0 Å². The van der Waals surface area contributed by atoms with Crippen LogP contribution in [0.3, 0.4) is 0 Å². The first kappa shape index (κ1) is 16.1. The van der Waals surface area contributed by atoms with E-state index in [1.165, 1.54) is 11.8 Å². The first-order chi connectivity index (χ1) is 8.90. The number of benzene rings is 1. The van der Waals surface area contributed by atoms with Crippen LogP contribution in [-0.4, -0.2) is 33.3 Å². The summed E-state index contributed by atoms with van der Waals surface area (Å²) in [4.78, 5) is 0. The SMILES string of the molecule is CCC(C)N[C@H](CNS(C)(=O)=O)Cc1ccccc1. The van der Waals surface area contributed by atoms with Crippen molar-refractivity contribution in [3.8, 4) is 0 Å². The third kappa shape index (κ3) is 7.30. The quantitative estimate of drug-likeness (QED) is 0.761. The van der Waals surface area contributed by atoms with E-state index >= 15 is 0 Å². The topological polar surface area (TPSA) is 58.2 Å². The van der Waals surface area contributed by atoms with Crippen LogP contribution in [0.1, 0.15) is 25.8 Å².